The van der Waals surface area contributed by atoms with Crippen LogP contribution in [0.4, 0.5) is 5.13 Å². The molecule has 9 nitrogen and oxygen atoms in total. The molecule has 1 rings (SSSR count). The highest BCUT2D eigenvalue weighted by molar-refractivity contribution is 7.13. The average molecular weight is 301 g/mol. The van der Waals surface area contributed by atoms with E-state index in [9.17, 15) is 19.2 Å². The van der Waals surface area contributed by atoms with Crippen molar-refractivity contribution in [2.45, 2.75) is 13.0 Å². The maximum absolute atomic E-state index is 11.4. The van der Waals surface area contributed by atoms with Crippen molar-refractivity contribution in [3.63, 3.8) is 0 Å². The summed E-state index contributed by atoms with van der Waals surface area (Å²) in [7, 11) is 0. The molecule has 1 unspecified atom stereocenters. The molecule has 0 aromatic carbocycles. The Morgan fingerprint density at radius 2 is 2.25 bits per heavy atom. The Labute approximate surface area is 116 Å². The molecule has 0 spiro atoms. The van der Waals surface area contributed by atoms with E-state index in [1.165, 1.54) is 12.3 Å². The molecule has 108 valence electrons. The Hall–Kier alpha value is -2.49. The fourth-order valence-electron chi connectivity index (χ4n) is 1.18. The first-order valence-electron chi connectivity index (χ1n) is 5.35. The number of rotatable bonds is 6. The second-order valence-corrected chi connectivity index (χ2v) is 4.16. The SMILES string of the molecule is CCOC(=O)C(=O)NC(C(=O)O)c1csc(NC=O)n1. The molecule has 1 aromatic heterocycles. The van der Waals surface area contributed by atoms with Gasteiger partial charge in [-0.1, -0.05) is 0 Å². The van der Waals surface area contributed by atoms with Crippen molar-refractivity contribution in [1.82, 2.24) is 10.3 Å². The zero-order valence-electron chi connectivity index (χ0n) is 10.3. The summed E-state index contributed by atoms with van der Waals surface area (Å²) in [6, 6.07) is -1.51. The molecule has 20 heavy (non-hydrogen) atoms. The highest BCUT2D eigenvalue weighted by Crippen LogP contribution is 2.20. The van der Waals surface area contributed by atoms with Gasteiger partial charge in [-0.2, -0.15) is 0 Å². The van der Waals surface area contributed by atoms with E-state index in [4.69, 9.17) is 5.11 Å². The van der Waals surface area contributed by atoms with Crippen LogP contribution in [0, 0.1) is 0 Å². The van der Waals surface area contributed by atoms with Crippen molar-refractivity contribution in [2.75, 3.05) is 11.9 Å². The maximum atomic E-state index is 11.4. The van der Waals surface area contributed by atoms with Gasteiger partial charge in [0.15, 0.2) is 11.2 Å². The fourth-order valence-corrected chi connectivity index (χ4v) is 1.88. The number of carboxylic acid groups (broad SMARTS) is 1. The van der Waals surface area contributed by atoms with Gasteiger partial charge in [-0.25, -0.2) is 14.6 Å². The summed E-state index contributed by atoms with van der Waals surface area (Å²) in [5.74, 6) is -3.76. The summed E-state index contributed by atoms with van der Waals surface area (Å²) in [6.07, 6.45) is 0.385. The molecule has 1 atom stereocenters. The van der Waals surface area contributed by atoms with E-state index in [1.807, 2.05) is 5.32 Å². The molecule has 1 aromatic rings. The lowest BCUT2D eigenvalue weighted by Crippen LogP contribution is -2.39. The Morgan fingerprint density at radius 3 is 2.80 bits per heavy atom. The van der Waals surface area contributed by atoms with Crippen molar-refractivity contribution < 1.29 is 29.0 Å². The maximum Gasteiger partial charge on any atom is 0.396 e. The predicted molar refractivity (Wildman–Crippen MR) is 67.0 cm³/mol. The van der Waals surface area contributed by atoms with Gasteiger partial charge in [-0.3, -0.25) is 9.59 Å². The summed E-state index contributed by atoms with van der Waals surface area (Å²) in [5, 5.41) is 14.8. The van der Waals surface area contributed by atoms with Crippen LogP contribution in [-0.4, -0.2) is 41.0 Å². The lowest BCUT2D eigenvalue weighted by molar-refractivity contribution is -0.156. The second kappa shape index (κ2) is 7.19. The Balaban J connectivity index is 2.83. The number of carboxylic acids is 1. The number of nitrogens with one attached hydrogen (secondary N) is 2. The Kier molecular flexibility index (Phi) is 5.59. The zero-order valence-corrected chi connectivity index (χ0v) is 11.1. The van der Waals surface area contributed by atoms with Crippen molar-refractivity contribution in [3.8, 4) is 0 Å². The van der Waals surface area contributed by atoms with Crippen molar-refractivity contribution in [3.05, 3.63) is 11.1 Å². The summed E-state index contributed by atoms with van der Waals surface area (Å²) >= 11 is 0.981. The molecule has 0 aliphatic carbocycles. The smallest absolute Gasteiger partial charge is 0.396 e. The first-order chi connectivity index (χ1) is 9.49. The molecular weight excluding hydrogens is 290 g/mol. The summed E-state index contributed by atoms with van der Waals surface area (Å²) in [5.41, 5.74) is -0.00972. The third-order valence-electron chi connectivity index (χ3n) is 1.98. The van der Waals surface area contributed by atoms with Crippen molar-refractivity contribution in [1.29, 1.82) is 0 Å². The Morgan fingerprint density at radius 1 is 1.55 bits per heavy atom. The standard InChI is InChI=1S/C10H11N3O6S/c1-2-19-9(18)7(15)13-6(8(16)17)5-3-20-10(12-5)11-4-14/h3-4,6H,2H2,1H3,(H,13,15)(H,16,17)(H,11,12,14). The monoisotopic (exact) mass is 301 g/mol. The molecule has 0 bridgehead atoms. The van der Waals surface area contributed by atoms with Gasteiger partial charge >= 0.3 is 17.8 Å². The number of aliphatic carboxylic acids is 1. The molecule has 1 heterocycles. The third-order valence-corrected chi connectivity index (χ3v) is 2.78. The van der Waals surface area contributed by atoms with Gasteiger partial charge < -0.3 is 20.5 Å². The van der Waals surface area contributed by atoms with E-state index < -0.39 is 23.9 Å². The molecule has 0 saturated heterocycles. The van der Waals surface area contributed by atoms with Crippen LogP contribution >= 0.6 is 11.3 Å². The van der Waals surface area contributed by atoms with E-state index >= 15 is 0 Å². The molecule has 2 amide bonds. The molecule has 0 fully saturated rings. The summed E-state index contributed by atoms with van der Waals surface area (Å²) in [6.45, 7) is 1.51. The first kappa shape index (κ1) is 15.6. The summed E-state index contributed by atoms with van der Waals surface area (Å²) < 4.78 is 4.44. The number of ether oxygens (including phenoxy) is 1. The van der Waals surface area contributed by atoms with Gasteiger partial charge in [0.05, 0.1) is 12.3 Å². The number of nitrogens with zero attached hydrogens (tertiary/aromatic N) is 1. The Bertz CT molecular complexity index is 529. The number of carbonyl (C=O) groups excluding carboxylic acids is 3. The third kappa shape index (κ3) is 4.02. The van der Waals surface area contributed by atoms with Gasteiger partial charge in [0.25, 0.3) is 0 Å². The quantitative estimate of drug-likeness (QED) is 0.367. The lowest BCUT2D eigenvalue weighted by atomic mass is 10.2. The van der Waals surface area contributed by atoms with Crippen molar-refractivity contribution in [2.24, 2.45) is 0 Å². The lowest BCUT2D eigenvalue weighted by Gasteiger charge is -2.11. The largest absolute Gasteiger partial charge is 0.479 e. The van der Waals surface area contributed by atoms with Gasteiger partial charge in [0, 0.05) is 5.38 Å². The topological polar surface area (TPSA) is 135 Å². The number of thiazole rings is 1. The van der Waals surface area contributed by atoms with E-state index in [-0.39, 0.29) is 17.4 Å². The van der Waals surface area contributed by atoms with E-state index in [0.29, 0.717) is 6.41 Å². The number of aromatic nitrogens is 1. The number of hydrogen-bond donors (Lipinski definition) is 3. The minimum Gasteiger partial charge on any atom is -0.479 e. The predicted octanol–water partition coefficient (Wildman–Crippen LogP) is -0.484. The zero-order chi connectivity index (χ0) is 15.1. The number of carbonyl (C=O) groups is 4. The van der Waals surface area contributed by atoms with Crippen LogP contribution in [0.3, 0.4) is 0 Å². The van der Waals surface area contributed by atoms with Crippen molar-refractivity contribution >= 4 is 40.7 Å². The summed E-state index contributed by atoms with van der Waals surface area (Å²) in [4.78, 5) is 47.7. The first-order valence-corrected chi connectivity index (χ1v) is 6.23. The molecule has 0 saturated carbocycles. The van der Waals surface area contributed by atoms with Gasteiger partial charge in [0.2, 0.25) is 6.41 Å². The van der Waals surface area contributed by atoms with E-state index in [1.54, 1.807) is 0 Å². The molecule has 10 heteroatoms. The molecule has 3 N–H and O–H groups in total. The minimum atomic E-state index is -1.51. The number of amides is 2. The normalized spacial score (nSPS) is 11.2. The molecule has 0 radical (unpaired) electrons. The minimum absolute atomic E-state index is 0.00586. The van der Waals surface area contributed by atoms with E-state index in [2.05, 4.69) is 15.0 Å². The molecule has 0 aliphatic heterocycles. The van der Waals surface area contributed by atoms with Crippen LogP contribution in [-0.2, 0) is 23.9 Å². The number of anilines is 1. The number of hydrogen-bond acceptors (Lipinski definition) is 7. The number of esters is 1. The van der Waals surface area contributed by atoms with Crippen LogP contribution < -0.4 is 10.6 Å². The van der Waals surface area contributed by atoms with Gasteiger partial charge in [-0.05, 0) is 6.92 Å². The molecular formula is C10H11N3O6S. The highest BCUT2D eigenvalue weighted by atomic mass is 32.1. The van der Waals surface area contributed by atoms with Crippen LogP contribution in [0.15, 0.2) is 5.38 Å². The van der Waals surface area contributed by atoms with Gasteiger partial charge in [0.1, 0.15) is 0 Å². The van der Waals surface area contributed by atoms with E-state index in [0.717, 1.165) is 11.3 Å². The second-order valence-electron chi connectivity index (χ2n) is 3.30. The average Bonchev–Trinajstić information content (AvgIpc) is 2.84. The van der Waals surface area contributed by atoms with Crippen LogP contribution in [0.1, 0.15) is 18.7 Å². The van der Waals surface area contributed by atoms with Gasteiger partial charge in [-0.15, -0.1) is 11.3 Å². The highest BCUT2D eigenvalue weighted by Gasteiger charge is 2.28. The van der Waals surface area contributed by atoms with Crippen LogP contribution in [0.2, 0.25) is 0 Å². The van der Waals surface area contributed by atoms with Crippen LogP contribution in [0.25, 0.3) is 0 Å². The fraction of sp³-hybridized carbons (Fsp3) is 0.300. The molecule has 0 aliphatic rings. The van der Waals surface area contributed by atoms with Crippen LogP contribution in [0.5, 0.6) is 0 Å².